The topological polar surface area (TPSA) is 120 Å². The van der Waals surface area contributed by atoms with Crippen LogP contribution in [0.1, 0.15) is 0 Å². The van der Waals surface area contributed by atoms with Crippen LogP contribution in [-0.4, -0.2) is 36.2 Å². The minimum atomic E-state index is -0.357. The van der Waals surface area contributed by atoms with Crippen LogP contribution >= 0.6 is 24.0 Å². The van der Waals surface area contributed by atoms with Crippen LogP contribution in [0.25, 0.3) is 44.8 Å². The van der Waals surface area contributed by atoms with Gasteiger partial charge in [0.25, 0.3) is 11.1 Å². The second-order valence-corrected chi connectivity index (χ2v) is 10.1. The molecule has 3 N–H and O–H groups in total. The average Bonchev–Trinajstić information content (AvgIpc) is 3.03. The zero-order valence-electron chi connectivity index (χ0n) is 22.5. The van der Waals surface area contributed by atoms with Crippen LogP contribution in [-0.2, 0) is 0 Å². The summed E-state index contributed by atoms with van der Waals surface area (Å²) < 4.78 is 26.4. The molecule has 6 rings (SSSR count). The zero-order valence-corrected chi connectivity index (χ0v) is 24.1. The van der Waals surface area contributed by atoms with Gasteiger partial charge in [-0.2, -0.15) is 0 Å². The van der Waals surface area contributed by atoms with Gasteiger partial charge in [0.1, 0.15) is 11.6 Å². The van der Waals surface area contributed by atoms with Gasteiger partial charge in [-0.25, -0.2) is 13.8 Å². The normalized spacial score (nSPS) is 10.6. The maximum Gasteiger partial charge on any atom is 0.260 e. The fourth-order valence-corrected chi connectivity index (χ4v) is 4.84. The number of hydrogen-bond donors (Lipinski definition) is 3. The molecule has 2 aromatic carbocycles. The van der Waals surface area contributed by atoms with E-state index in [-0.39, 0.29) is 27.5 Å². The van der Waals surface area contributed by atoms with Crippen LogP contribution in [0.3, 0.4) is 0 Å². The Kier molecular flexibility index (Phi) is 9.08. The van der Waals surface area contributed by atoms with Crippen molar-refractivity contribution in [3.05, 3.63) is 135 Å². The lowest BCUT2D eigenvalue weighted by Crippen LogP contribution is -2.13. The second-order valence-electron chi connectivity index (χ2n) is 8.94. The van der Waals surface area contributed by atoms with Crippen LogP contribution in [0.2, 0.25) is 0 Å². The number of H-pyrrole nitrogens is 3. The van der Waals surface area contributed by atoms with E-state index in [0.717, 1.165) is 11.1 Å². The van der Waals surface area contributed by atoms with Gasteiger partial charge >= 0.3 is 0 Å². The number of rotatable bonds is 5. The highest BCUT2D eigenvalue weighted by atomic mass is 32.2. The molecule has 0 amide bonds. The van der Waals surface area contributed by atoms with Crippen LogP contribution in [0.5, 0.6) is 0 Å². The largest absolute Gasteiger partial charge is 0.331 e. The minimum Gasteiger partial charge on any atom is -0.331 e. The predicted octanol–water partition coefficient (Wildman–Crippen LogP) is 6.66. The first-order valence-electron chi connectivity index (χ1n) is 12.7. The molecule has 0 bridgehead atoms. The molecule has 0 spiro atoms. The Morgan fingerprint density at radius 1 is 0.628 bits per heavy atom. The van der Waals surface area contributed by atoms with Gasteiger partial charge in [-0.15, -0.1) is 0 Å². The third-order valence-electron chi connectivity index (χ3n) is 6.22. The van der Waals surface area contributed by atoms with E-state index in [1.807, 2.05) is 6.26 Å². The van der Waals surface area contributed by atoms with Gasteiger partial charge in [0, 0.05) is 35.9 Å². The summed E-state index contributed by atoms with van der Waals surface area (Å²) in [4.78, 5) is 45.4. The Morgan fingerprint density at radius 2 is 1.12 bits per heavy atom. The summed E-state index contributed by atoms with van der Waals surface area (Å²) in [5.41, 5.74) is 4.19. The van der Waals surface area contributed by atoms with Gasteiger partial charge < -0.3 is 9.97 Å². The lowest BCUT2D eigenvalue weighted by atomic mass is 10.0. The summed E-state index contributed by atoms with van der Waals surface area (Å²) in [5.74, 6) is -0.705. The first kappa shape index (κ1) is 29.4. The molecule has 12 heteroatoms. The van der Waals surface area contributed by atoms with E-state index in [9.17, 15) is 18.4 Å². The molecule has 0 aliphatic rings. The predicted molar refractivity (Wildman–Crippen MR) is 166 cm³/mol. The summed E-state index contributed by atoms with van der Waals surface area (Å²) in [6.07, 6.45) is 8.38. The summed E-state index contributed by atoms with van der Waals surface area (Å²) in [7, 11) is 0. The summed E-state index contributed by atoms with van der Waals surface area (Å²) in [6, 6.07) is 18.7. The average molecular weight is 613 g/mol. The molecule has 0 aliphatic carbocycles. The minimum absolute atomic E-state index is 0.234. The Balaban J connectivity index is 0.000000171. The zero-order chi connectivity index (χ0) is 30.3. The summed E-state index contributed by atoms with van der Waals surface area (Å²) in [6.45, 7) is 0. The number of halogens is 2. The Labute approximate surface area is 253 Å². The number of aromatic nitrogens is 6. The van der Waals surface area contributed by atoms with Crippen molar-refractivity contribution in [3.8, 4) is 44.8 Å². The molecular formula is C31H22F2N6O2S2. The van der Waals surface area contributed by atoms with Crippen molar-refractivity contribution in [1.82, 2.24) is 29.9 Å². The molecule has 0 aliphatic heterocycles. The number of nitrogens with one attached hydrogen (secondary N) is 3. The molecule has 43 heavy (non-hydrogen) atoms. The highest BCUT2D eigenvalue weighted by Gasteiger charge is 2.16. The van der Waals surface area contributed by atoms with Crippen molar-refractivity contribution < 1.29 is 8.78 Å². The van der Waals surface area contributed by atoms with E-state index in [4.69, 9.17) is 12.2 Å². The smallest absolute Gasteiger partial charge is 0.260 e. The SMILES string of the molecule is CSc1nc(-c2ccncc2)c(-c2ccc(F)cc2)c(=O)[nH]1.O=c1[nH]c(=S)[nH]c(-c2ccncc2)c1-c1ccc(F)cc1. The number of benzene rings is 2. The molecule has 0 fully saturated rings. The van der Waals surface area contributed by atoms with Gasteiger partial charge in [0.2, 0.25) is 0 Å². The van der Waals surface area contributed by atoms with Crippen LogP contribution < -0.4 is 11.1 Å². The van der Waals surface area contributed by atoms with Crippen molar-refractivity contribution >= 4 is 24.0 Å². The van der Waals surface area contributed by atoms with Crippen LogP contribution in [0, 0.1) is 16.4 Å². The van der Waals surface area contributed by atoms with E-state index in [1.165, 1.54) is 36.0 Å². The molecule has 8 nitrogen and oxygen atoms in total. The molecule has 0 unspecified atom stereocenters. The number of pyridine rings is 2. The van der Waals surface area contributed by atoms with Crippen molar-refractivity contribution in [3.63, 3.8) is 0 Å². The van der Waals surface area contributed by atoms with Gasteiger partial charge in [0.05, 0.1) is 22.5 Å². The van der Waals surface area contributed by atoms with E-state index in [1.54, 1.807) is 73.3 Å². The molecule has 214 valence electrons. The monoisotopic (exact) mass is 612 g/mol. The number of aromatic amines is 3. The van der Waals surface area contributed by atoms with E-state index in [0.29, 0.717) is 38.8 Å². The van der Waals surface area contributed by atoms with Crippen molar-refractivity contribution in [2.75, 3.05) is 6.26 Å². The summed E-state index contributed by atoms with van der Waals surface area (Å²) >= 11 is 6.39. The lowest BCUT2D eigenvalue weighted by Gasteiger charge is -2.10. The molecule has 4 heterocycles. The molecule has 4 aromatic heterocycles. The summed E-state index contributed by atoms with van der Waals surface area (Å²) in [5, 5.41) is 0.530. The van der Waals surface area contributed by atoms with Crippen LogP contribution in [0.4, 0.5) is 8.78 Å². The molecule has 0 atom stereocenters. The van der Waals surface area contributed by atoms with Crippen molar-refractivity contribution in [2.24, 2.45) is 0 Å². The molecule has 0 saturated carbocycles. The molecule has 0 radical (unpaired) electrons. The fourth-order valence-electron chi connectivity index (χ4n) is 4.27. The lowest BCUT2D eigenvalue weighted by molar-refractivity contribution is 0.627. The highest BCUT2D eigenvalue weighted by molar-refractivity contribution is 7.98. The number of hydrogen-bond acceptors (Lipinski definition) is 7. The second kappa shape index (κ2) is 13.3. The van der Waals surface area contributed by atoms with Gasteiger partial charge in [-0.3, -0.25) is 24.5 Å². The van der Waals surface area contributed by atoms with Gasteiger partial charge in [-0.1, -0.05) is 36.0 Å². The molecular weight excluding hydrogens is 591 g/mol. The van der Waals surface area contributed by atoms with E-state index >= 15 is 0 Å². The number of thioether (sulfide) groups is 1. The third-order valence-corrected chi connectivity index (χ3v) is 7.01. The van der Waals surface area contributed by atoms with E-state index in [2.05, 4.69) is 29.9 Å². The maximum atomic E-state index is 13.1. The van der Waals surface area contributed by atoms with Gasteiger partial charge in [-0.05, 0) is 78.1 Å². The maximum absolute atomic E-state index is 13.1. The first-order chi connectivity index (χ1) is 20.8. The molecule has 0 saturated heterocycles. The Bertz CT molecular complexity index is 2030. The van der Waals surface area contributed by atoms with E-state index < -0.39 is 0 Å². The number of nitrogens with zero attached hydrogens (tertiary/aromatic N) is 3. The standard InChI is InChI=1S/C16H12FN3OS.C15H10FN3OS/c1-22-16-19-14(11-6-8-18-9-7-11)13(15(21)20-16)10-2-4-12(17)5-3-10;16-11-3-1-9(2-4-11)12-13(10-5-7-17-8-6-10)18-15(21)19-14(12)20/h2-9H,1H3,(H,19,20,21);1-8H,(H2,18,19,20,21). The molecule has 6 aromatic rings. The Hall–Kier alpha value is -5.07. The quantitative estimate of drug-likeness (QED) is 0.113. The highest BCUT2D eigenvalue weighted by Crippen LogP contribution is 2.29. The third kappa shape index (κ3) is 6.88. The first-order valence-corrected chi connectivity index (χ1v) is 14.3. The van der Waals surface area contributed by atoms with Crippen molar-refractivity contribution in [2.45, 2.75) is 5.16 Å². The fraction of sp³-hybridized carbons (Fsp3) is 0.0323. The van der Waals surface area contributed by atoms with Crippen LogP contribution in [0.15, 0.2) is 112 Å². The van der Waals surface area contributed by atoms with Gasteiger partial charge in [0.15, 0.2) is 9.93 Å². The van der Waals surface area contributed by atoms with Crippen molar-refractivity contribution in [1.29, 1.82) is 0 Å². The Morgan fingerprint density at radius 3 is 1.65 bits per heavy atom.